The molecule has 1 aliphatic heterocycles. The number of carbonyl (C=O) groups is 1. The second-order valence-corrected chi connectivity index (χ2v) is 8.65. The van der Waals surface area contributed by atoms with E-state index in [1.54, 1.807) is 23.2 Å². The van der Waals surface area contributed by atoms with Crippen molar-refractivity contribution in [2.24, 2.45) is 17.3 Å². The fraction of sp³-hybridized carbons (Fsp3) is 0.545. The molecule has 1 unspecified atom stereocenters. The van der Waals surface area contributed by atoms with Gasteiger partial charge in [0.1, 0.15) is 18.3 Å². The minimum absolute atomic E-state index is 0.0628. The molecule has 0 radical (unpaired) electrons. The Bertz CT molecular complexity index is 947. The van der Waals surface area contributed by atoms with Crippen LogP contribution in [0.15, 0.2) is 35.8 Å². The smallest absolute Gasteiger partial charge is 0.415 e. The Morgan fingerprint density at radius 2 is 2.17 bits per heavy atom. The molecule has 1 N–H and O–H groups in total. The molecule has 8 heteroatoms. The van der Waals surface area contributed by atoms with Crippen LogP contribution in [0.2, 0.25) is 0 Å². The molecule has 1 saturated heterocycles. The number of nitriles is 1. The molecule has 0 spiro atoms. The van der Waals surface area contributed by atoms with Gasteiger partial charge in [0.15, 0.2) is 0 Å². The van der Waals surface area contributed by atoms with Crippen LogP contribution in [0.5, 0.6) is 0 Å². The molecule has 2 heterocycles. The molecular formula is C22H26FN5O2. The molecule has 30 heavy (non-hydrogen) atoms. The van der Waals surface area contributed by atoms with Crippen LogP contribution in [-0.2, 0) is 4.74 Å². The summed E-state index contributed by atoms with van der Waals surface area (Å²) in [6.07, 6.45) is 6.94. The van der Waals surface area contributed by atoms with Gasteiger partial charge in [-0.15, -0.1) is 0 Å². The molecule has 158 valence electrons. The fourth-order valence-corrected chi connectivity index (χ4v) is 4.18. The Balaban J connectivity index is 1.48. The highest BCUT2D eigenvalue weighted by atomic mass is 19.1. The van der Waals surface area contributed by atoms with E-state index in [0.29, 0.717) is 30.4 Å². The average molecular weight is 411 g/mol. The van der Waals surface area contributed by atoms with Crippen LogP contribution in [0.3, 0.4) is 0 Å². The van der Waals surface area contributed by atoms with E-state index in [1.165, 1.54) is 0 Å². The van der Waals surface area contributed by atoms with Crippen LogP contribution >= 0.6 is 0 Å². The maximum Gasteiger partial charge on any atom is 0.415 e. The lowest BCUT2D eigenvalue weighted by Crippen LogP contribution is -2.38. The SMILES string of the molecule is CC(C)[C@H]1COC(=O)N1c1ccnc(N[C@@H](C)C2=CCC(C3(C#N)CC3)C=C2F)n1. The zero-order valence-corrected chi connectivity index (χ0v) is 17.4. The number of anilines is 2. The number of allylic oxidation sites excluding steroid dienone is 2. The van der Waals surface area contributed by atoms with Crippen molar-refractivity contribution >= 4 is 17.9 Å². The Morgan fingerprint density at radius 1 is 1.40 bits per heavy atom. The van der Waals surface area contributed by atoms with Crippen molar-refractivity contribution in [2.45, 2.75) is 52.1 Å². The molecule has 4 rings (SSSR count). The summed E-state index contributed by atoms with van der Waals surface area (Å²) >= 11 is 0. The van der Waals surface area contributed by atoms with Crippen molar-refractivity contribution in [3.05, 3.63) is 35.8 Å². The van der Waals surface area contributed by atoms with E-state index in [9.17, 15) is 14.4 Å². The molecule has 2 fully saturated rings. The van der Waals surface area contributed by atoms with Gasteiger partial charge in [-0.3, -0.25) is 4.90 Å². The van der Waals surface area contributed by atoms with Crippen LogP contribution in [0.25, 0.3) is 0 Å². The van der Waals surface area contributed by atoms with E-state index in [4.69, 9.17) is 4.74 Å². The third kappa shape index (κ3) is 3.64. The highest BCUT2D eigenvalue weighted by molar-refractivity contribution is 5.89. The van der Waals surface area contributed by atoms with Gasteiger partial charge in [-0.1, -0.05) is 19.9 Å². The van der Waals surface area contributed by atoms with Gasteiger partial charge in [0, 0.05) is 17.7 Å². The lowest BCUT2D eigenvalue weighted by molar-refractivity contribution is 0.177. The molecule has 1 saturated carbocycles. The monoisotopic (exact) mass is 411 g/mol. The predicted octanol–water partition coefficient (Wildman–Crippen LogP) is 4.36. The number of carbonyl (C=O) groups excluding carboxylic acids is 1. The van der Waals surface area contributed by atoms with Crippen LogP contribution in [0.4, 0.5) is 21.0 Å². The number of hydrogen-bond acceptors (Lipinski definition) is 6. The predicted molar refractivity (Wildman–Crippen MR) is 110 cm³/mol. The first-order chi connectivity index (χ1) is 14.3. The fourth-order valence-electron chi connectivity index (χ4n) is 4.18. The lowest BCUT2D eigenvalue weighted by atomic mass is 9.82. The number of cyclic esters (lactones) is 1. The van der Waals surface area contributed by atoms with E-state index < -0.39 is 6.09 Å². The number of nitrogens with zero attached hydrogens (tertiary/aromatic N) is 4. The van der Waals surface area contributed by atoms with Crippen LogP contribution < -0.4 is 10.2 Å². The molecule has 1 amide bonds. The average Bonchev–Trinajstić information content (AvgIpc) is 3.43. The molecule has 1 aromatic rings. The van der Waals surface area contributed by atoms with Crippen molar-refractivity contribution in [1.82, 2.24) is 9.97 Å². The maximum absolute atomic E-state index is 14.8. The molecule has 7 nitrogen and oxygen atoms in total. The van der Waals surface area contributed by atoms with Crippen molar-refractivity contribution < 1.29 is 13.9 Å². The number of halogens is 1. The molecule has 0 bridgehead atoms. The summed E-state index contributed by atoms with van der Waals surface area (Å²) in [6, 6.07) is 3.57. The van der Waals surface area contributed by atoms with E-state index in [0.717, 1.165) is 12.8 Å². The second kappa shape index (κ2) is 7.71. The number of nitrogens with one attached hydrogen (secondary N) is 1. The minimum Gasteiger partial charge on any atom is -0.447 e. The van der Waals surface area contributed by atoms with Crippen LogP contribution in [0.1, 0.15) is 40.0 Å². The van der Waals surface area contributed by atoms with E-state index in [-0.39, 0.29) is 35.2 Å². The Labute approximate surface area is 175 Å². The summed E-state index contributed by atoms with van der Waals surface area (Å²) in [4.78, 5) is 22.4. The summed E-state index contributed by atoms with van der Waals surface area (Å²) in [7, 11) is 0. The van der Waals surface area contributed by atoms with E-state index >= 15 is 0 Å². The highest BCUT2D eigenvalue weighted by Gasteiger charge is 2.49. The Hall–Kier alpha value is -2.95. The summed E-state index contributed by atoms with van der Waals surface area (Å²) in [5.74, 6) is 0.622. The van der Waals surface area contributed by atoms with Gasteiger partial charge < -0.3 is 10.1 Å². The number of ether oxygens (including phenoxy) is 1. The van der Waals surface area contributed by atoms with Gasteiger partial charge in [-0.25, -0.2) is 14.2 Å². The van der Waals surface area contributed by atoms with Gasteiger partial charge in [-0.05, 0) is 44.2 Å². The summed E-state index contributed by atoms with van der Waals surface area (Å²) in [6.45, 7) is 6.22. The van der Waals surface area contributed by atoms with Crippen molar-refractivity contribution in [3.63, 3.8) is 0 Å². The molecular weight excluding hydrogens is 385 g/mol. The number of aromatic nitrogens is 2. The standard InChI is InChI=1S/C22H26FN5O2/c1-13(2)18-11-30-21(29)28(18)19-6-9-25-20(27-19)26-14(3)16-5-4-15(10-17(16)23)22(12-24)7-8-22/h5-6,9-10,13-15,18H,4,7-8,11H2,1-3H3,(H,25,26,27)/t14-,15?,18+/m0/s1. The van der Waals surface area contributed by atoms with Gasteiger partial charge in [0.25, 0.3) is 0 Å². The Morgan fingerprint density at radius 3 is 2.80 bits per heavy atom. The second-order valence-electron chi connectivity index (χ2n) is 8.65. The van der Waals surface area contributed by atoms with Crippen LogP contribution in [-0.4, -0.2) is 34.8 Å². The zero-order chi connectivity index (χ0) is 21.5. The molecule has 2 aliphatic carbocycles. The number of amides is 1. The normalized spacial score (nSPS) is 25.9. The summed E-state index contributed by atoms with van der Waals surface area (Å²) in [5, 5.41) is 12.5. The molecule has 3 atom stereocenters. The topological polar surface area (TPSA) is 91.1 Å². The van der Waals surface area contributed by atoms with Gasteiger partial charge in [-0.2, -0.15) is 10.2 Å². The zero-order valence-electron chi connectivity index (χ0n) is 17.4. The molecule has 0 aromatic carbocycles. The van der Waals surface area contributed by atoms with Crippen molar-refractivity contribution in [3.8, 4) is 6.07 Å². The molecule has 3 aliphatic rings. The first-order valence-electron chi connectivity index (χ1n) is 10.4. The van der Waals surface area contributed by atoms with Crippen LogP contribution in [0, 0.1) is 28.6 Å². The highest BCUT2D eigenvalue weighted by Crippen LogP contribution is 2.54. The van der Waals surface area contributed by atoms with E-state index in [2.05, 4.69) is 21.4 Å². The van der Waals surface area contributed by atoms with Crippen molar-refractivity contribution in [1.29, 1.82) is 5.26 Å². The largest absolute Gasteiger partial charge is 0.447 e. The first-order valence-corrected chi connectivity index (χ1v) is 10.4. The van der Waals surface area contributed by atoms with Gasteiger partial charge in [0.2, 0.25) is 5.95 Å². The van der Waals surface area contributed by atoms with E-state index in [1.807, 2.05) is 26.8 Å². The maximum atomic E-state index is 14.8. The first kappa shape index (κ1) is 20.3. The quantitative estimate of drug-likeness (QED) is 0.748. The summed E-state index contributed by atoms with van der Waals surface area (Å²) in [5.41, 5.74) is 0.153. The summed E-state index contributed by atoms with van der Waals surface area (Å²) < 4.78 is 20.0. The molecule has 1 aromatic heterocycles. The third-order valence-electron chi connectivity index (χ3n) is 6.31. The minimum atomic E-state index is -0.423. The van der Waals surface area contributed by atoms with Crippen molar-refractivity contribution in [2.75, 3.05) is 16.8 Å². The lowest BCUT2D eigenvalue weighted by Gasteiger charge is -2.26. The number of hydrogen-bond donors (Lipinski definition) is 1. The van der Waals surface area contributed by atoms with Gasteiger partial charge in [0.05, 0.1) is 23.6 Å². The third-order valence-corrected chi connectivity index (χ3v) is 6.31. The van der Waals surface area contributed by atoms with Gasteiger partial charge >= 0.3 is 6.09 Å². The number of rotatable bonds is 6. The Kier molecular flexibility index (Phi) is 5.22.